The summed E-state index contributed by atoms with van der Waals surface area (Å²) in [5, 5.41) is 8.94. The van der Waals surface area contributed by atoms with Crippen LogP contribution in [-0.2, 0) is 0 Å². The van der Waals surface area contributed by atoms with Crippen molar-refractivity contribution in [2.75, 3.05) is 7.05 Å². The van der Waals surface area contributed by atoms with E-state index in [1.165, 1.54) is 24.8 Å². The summed E-state index contributed by atoms with van der Waals surface area (Å²) in [6.45, 7) is 0. The molecule has 0 saturated heterocycles. The molecule has 0 aromatic heterocycles. The lowest BCUT2D eigenvalue weighted by Gasteiger charge is -2.39. The highest BCUT2D eigenvalue weighted by Gasteiger charge is 2.28. The second kappa shape index (κ2) is 5.14. The zero-order chi connectivity index (χ0) is 11.4. The van der Waals surface area contributed by atoms with E-state index in [-0.39, 0.29) is 6.04 Å². The monoisotopic (exact) mass is 214 g/mol. The quantitative estimate of drug-likeness (QED) is 0.770. The van der Waals surface area contributed by atoms with Crippen molar-refractivity contribution in [2.24, 2.45) is 0 Å². The van der Waals surface area contributed by atoms with E-state index in [9.17, 15) is 0 Å². The van der Waals surface area contributed by atoms with Crippen LogP contribution in [0.3, 0.4) is 0 Å². The Morgan fingerprint density at radius 3 is 2.56 bits per heavy atom. The summed E-state index contributed by atoms with van der Waals surface area (Å²) in [5.74, 6) is 0. The second-order valence-corrected chi connectivity index (χ2v) is 4.54. The first kappa shape index (κ1) is 11.2. The number of hydrogen-bond acceptors (Lipinski definition) is 2. The van der Waals surface area contributed by atoms with Gasteiger partial charge in [-0.05, 0) is 25.5 Å². The van der Waals surface area contributed by atoms with Gasteiger partial charge in [0.15, 0.2) is 0 Å². The predicted molar refractivity (Wildman–Crippen MR) is 64.8 cm³/mol. The standard InChI is InChI=1S/C14H18N2/c1-16(13-8-5-9-13)14(10-11-15)12-6-3-2-4-7-12/h2-4,6-7,13-14H,5,8-10H2,1H3. The molecule has 16 heavy (non-hydrogen) atoms. The summed E-state index contributed by atoms with van der Waals surface area (Å²) in [5.41, 5.74) is 1.26. The van der Waals surface area contributed by atoms with Gasteiger partial charge in [0, 0.05) is 12.1 Å². The van der Waals surface area contributed by atoms with Crippen LogP contribution in [0.1, 0.15) is 37.3 Å². The molecule has 84 valence electrons. The molecule has 1 aliphatic rings. The highest BCUT2D eigenvalue weighted by Crippen LogP contribution is 2.32. The van der Waals surface area contributed by atoms with Gasteiger partial charge in [0.05, 0.1) is 12.5 Å². The molecule has 0 aliphatic heterocycles. The average Bonchev–Trinajstić information content (AvgIpc) is 2.24. The smallest absolute Gasteiger partial charge is 0.0641 e. The van der Waals surface area contributed by atoms with Gasteiger partial charge in [-0.2, -0.15) is 5.26 Å². The van der Waals surface area contributed by atoms with Gasteiger partial charge in [-0.3, -0.25) is 4.90 Å². The van der Waals surface area contributed by atoms with E-state index < -0.39 is 0 Å². The van der Waals surface area contributed by atoms with Crippen LogP contribution in [0.5, 0.6) is 0 Å². The Labute approximate surface area is 97.5 Å². The van der Waals surface area contributed by atoms with E-state index in [0.29, 0.717) is 12.5 Å². The molecular formula is C14H18N2. The molecule has 0 bridgehead atoms. The van der Waals surface area contributed by atoms with Crippen LogP contribution in [0, 0.1) is 11.3 Å². The zero-order valence-electron chi connectivity index (χ0n) is 9.76. The number of benzene rings is 1. The lowest BCUT2D eigenvalue weighted by Crippen LogP contribution is -2.39. The van der Waals surface area contributed by atoms with E-state index in [1.807, 2.05) is 18.2 Å². The Morgan fingerprint density at radius 1 is 1.38 bits per heavy atom. The fraction of sp³-hybridized carbons (Fsp3) is 0.500. The highest BCUT2D eigenvalue weighted by molar-refractivity contribution is 5.20. The molecule has 0 N–H and O–H groups in total. The van der Waals surface area contributed by atoms with Crippen molar-refractivity contribution < 1.29 is 0 Å². The Hall–Kier alpha value is -1.33. The van der Waals surface area contributed by atoms with E-state index in [0.717, 1.165) is 0 Å². The molecule has 0 spiro atoms. The summed E-state index contributed by atoms with van der Waals surface area (Å²) in [4.78, 5) is 2.38. The molecule has 1 fully saturated rings. The largest absolute Gasteiger partial charge is 0.295 e. The molecule has 2 heteroatoms. The summed E-state index contributed by atoms with van der Waals surface area (Å²) in [6, 6.07) is 13.6. The van der Waals surface area contributed by atoms with Gasteiger partial charge in [0.25, 0.3) is 0 Å². The van der Waals surface area contributed by atoms with Crippen molar-refractivity contribution in [3.8, 4) is 6.07 Å². The minimum absolute atomic E-state index is 0.261. The van der Waals surface area contributed by atoms with Gasteiger partial charge >= 0.3 is 0 Å². The first-order chi connectivity index (χ1) is 7.83. The molecule has 0 heterocycles. The van der Waals surface area contributed by atoms with Crippen LogP contribution in [0.4, 0.5) is 0 Å². The maximum atomic E-state index is 8.94. The van der Waals surface area contributed by atoms with Crippen molar-refractivity contribution in [1.82, 2.24) is 4.90 Å². The number of rotatable bonds is 4. The van der Waals surface area contributed by atoms with Crippen LogP contribution >= 0.6 is 0 Å². The second-order valence-electron chi connectivity index (χ2n) is 4.54. The molecule has 1 atom stereocenters. The predicted octanol–water partition coefficient (Wildman–Crippen LogP) is 3.13. The average molecular weight is 214 g/mol. The van der Waals surface area contributed by atoms with Gasteiger partial charge in [0.1, 0.15) is 0 Å². The van der Waals surface area contributed by atoms with E-state index in [2.05, 4.69) is 30.1 Å². The van der Waals surface area contributed by atoms with Crippen LogP contribution < -0.4 is 0 Å². The molecule has 1 unspecified atom stereocenters. The van der Waals surface area contributed by atoms with Crippen molar-refractivity contribution in [3.05, 3.63) is 35.9 Å². The molecule has 2 nitrogen and oxygen atoms in total. The van der Waals surface area contributed by atoms with Crippen LogP contribution in [-0.4, -0.2) is 18.0 Å². The number of hydrogen-bond donors (Lipinski definition) is 0. The number of nitrogens with zero attached hydrogens (tertiary/aromatic N) is 2. The van der Waals surface area contributed by atoms with Crippen molar-refractivity contribution in [2.45, 2.75) is 37.8 Å². The summed E-state index contributed by atoms with van der Waals surface area (Å²) >= 11 is 0. The highest BCUT2D eigenvalue weighted by atomic mass is 15.2. The van der Waals surface area contributed by atoms with Gasteiger partial charge in [-0.1, -0.05) is 36.8 Å². The lowest BCUT2D eigenvalue weighted by atomic mass is 9.89. The third-order valence-electron chi connectivity index (χ3n) is 3.61. The van der Waals surface area contributed by atoms with Gasteiger partial charge in [-0.25, -0.2) is 0 Å². The van der Waals surface area contributed by atoms with Gasteiger partial charge in [-0.15, -0.1) is 0 Å². The molecule has 0 amide bonds. The van der Waals surface area contributed by atoms with E-state index in [1.54, 1.807) is 0 Å². The Kier molecular flexibility index (Phi) is 3.58. The van der Waals surface area contributed by atoms with Gasteiger partial charge in [0.2, 0.25) is 0 Å². The van der Waals surface area contributed by atoms with Crippen molar-refractivity contribution in [1.29, 1.82) is 5.26 Å². The van der Waals surface area contributed by atoms with Crippen LogP contribution in [0.25, 0.3) is 0 Å². The maximum absolute atomic E-state index is 8.94. The molecule has 1 aromatic carbocycles. The van der Waals surface area contributed by atoms with Crippen molar-refractivity contribution in [3.63, 3.8) is 0 Å². The summed E-state index contributed by atoms with van der Waals surface area (Å²) in [7, 11) is 2.15. The molecular weight excluding hydrogens is 196 g/mol. The van der Waals surface area contributed by atoms with E-state index in [4.69, 9.17) is 5.26 Å². The Bertz CT molecular complexity index is 362. The van der Waals surface area contributed by atoms with E-state index >= 15 is 0 Å². The van der Waals surface area contributed by atoms with Crippen molar-refractivity contribution >= 4 is 0 Å². The molecule has 1 aromatic rings. The third kappa shape index (κ3) is 2.25. The lowest BCUT2D eigenvalue weighted by molar-refractivity contribution is 0.111. The third-order valence-corrected chi connectivity index (χ3v) is 3.61. The SMILES string of the molecule is CN(C1CCC1)C(CC#N)c1ccccc1. The Morgan fingerprint density at radius 2 is 2.06 bits per heavy atom. The first-order valence-electron chi connectivity index (χ1n) is 5.96. The molecule has 1 saturated carbocycles. The first-order valence-corrected chi connectivity index (χ1v) is 5.96. The number of nitriles is 1. The normalized spacial score (nSPS) is 17.8. The fourth-order valence-corrected chi connectivity index (χ4v) is 2.31. The van der Waals surface area contributed by atoms with Gasteiger partial charge < -0.3 is 0 Å². The Balaban J connectivity index is 2.13. The molecule has 0 radical (unpaired) electrons. The molecule has 2 rings (SSSR count). The summed E-state index contributed by atoms with van der Waals surface area (Å²) < 4.78 is 0. The molecule has 1 aliphatic carbocycles. The minimum atomic E-state index is 0.261. The van der Waals surface area contributed by atoms with Crippen LogP contribution in [0.2, 0.25) is 0 Å². The topological polar surface area (TPSA) is 27.0 Å². The van der Waals surface area contributed by atoms with Crippen LogP contribution in [0.15, 0.2) is 30.3 Å². The maximum Gasteiger partial charge on any atom is 0.0641 e. The summed E-state index contributed by atoms with van der Waals surface area (Å²) in [6.07, 6.45) is 4.48. The minimum Gasteiger partial charge on any atom is -0.295 e. The fourth-order valence-electron chi connectivity index (χ4n) is 2.31. The zero-order valence-corrected chi connectivity index (χ0v) is 9.76.